The van der Waals surface area contributed by atoms with Crippen molar-refractivity contribution < 1.29 is 0 Å². The maximum Gasteiger partial charge on any atom is 0.0784 e. The van der Waals surface area contributed by atoms with Gasteiger partial charge >= 0.3 is 0 Å². The number of benzene rings is 2. The molecule has 1 aliphatic rings. The fourth-order valence-electron chi connectivity index (χ4n) is 2.82. The van der Waals surface area contributed by atoms with Gasteiger partial charge in [-0.05, 0) is 21.9 Å². The summed E-state index contributed by atoms with van der Waals surface area (Å²) in [4.78, 5) is 0. The van der Waals surface area contributed by atoms with E-state index in [1.54, 1.807) is 0 Å². The maximum absolute atomic E-state index is 2.41. The molecule has 2 aromatic rings. The van der Waals surface area contributed by atoms with E-state index in [1.807, 2.05) is 0 Å². The zero-order valence-electron chi connectivity index (χ0n) is 12.4. The molecule has 0 nitrogen and oxygen atoms in total. The molecule has 3 rings (SSSR count). The van der Waals surface area contributed by atoms with Gasteiger partial charge in [-0.3, -0.25) is 0 Å². The lowest BCUT2D eigenvalue weighted by Crippen LogP contribution is -2.23. The van der Waals surface area contributed by atoms with Gasteiger partial charge < -0.3 is 0 Å². The van der Waals surface area contributed by atoms with Gasteiger partial charge in [0.2, 0.25) is 0 Å². The van der Waals surface area contributed by atoms with Crippen molar-refractivity contribution in [1.82, 2.24) is 0 Å². The van der Waals surface area contributed by atoms with Crippen LogP contribution in [-0.2, 0) is 0 Å². The molecule has 0 radical (unpaired) electrons. The molecule has 0 saturated carbocycles. The van der Waals surface area contributed by atoms with E-state index >= 15 is 0 Å². The molecule has 0 bridgehead atoms. The predicted molar refractivity (Wildman–Crippen MR) is 93.4 cm³/mol. The highest BCUT2D eigenvalue weighted by Gasteiger charge is 2.23. The first-order valence-corrected chi connectivity index (χ1v) is 10.6. The Hall–Kier alpha value is -1.86. The van der Waals surface area contributed by atoms with Crippen molar-refractivity contribution in [3.05, 3.63) is 71.8 Å². The first-order valence-electron chi connectivity index (χ1n) is 7.15. The van der Waals surface area contributed by atoms with Gasteiger partial charge in [-0.1, -0.05) is 91.6 Å². The van der Waals surface area contributed by atoms with Crippen LogP contribution < -0.4 is 0 Å². The van der Waals surface area contributed by atoms with Gasteiger partial charge in [-0.2, -0.15) is 0 Å². The van der Waals surface area contributed by atoms with Crippen LogP contribution in [0, 0.1) is 0 Å². The largest absolute Gasteiger partial charge is 0.0784 e. The van der Waals surface area contributed by atoms with E-state index in [9.17, 15) is 0 Å². The molecule has 0 aliphatic heterocycles. The monoisotopic (exact) mass is 276 g/mol. The summed E-state index contributed by atoms with van der Waals surface area (Å²) in [5.74, 6) is 0. The third-order valence-corrected chi connectivity index (χ3v) is 5.87. The van der Waals surface area contributed by atoms with Crippen LogP contribution in [0.5, 0.6) is 0 Å². The minimum absolute atomic E-state index is 1.32. The molecule has 0 fully saturated rings. The SMILES string of the molecule is C[Si](C)(C)/C1=C/C=C\C=C/c2c1ccc1ccccc21. The molecule has 0 spiro atoms. The van der Waals surface area contributed by atoms with E-state index in [-0.39, 0.29) is 0 Å². The lowest BCUT2D eigenvalue weighted by molar-refractivity contribution is 1.61. The van der Waals surface area contributed by atoms with Gasteiger partial charge in [0.15, 0.2) is 0 Å². The molecule has 1 heteroatoms. The number of allylic oxidation sites excluding steroid dienone is 4. The van der Waals surface area contributed by atoms with E-state index < -0.39 is 8.07 Å². The van der Waals surface area contributed by atoms with E-state index in [1.165, 1.54) is 27.1 Å². The van der Waals surface area contributed by atoms with Crippen molar-refractivity contribution in [2.75, 3.05) is 0 Å². The third-order valence-electron chi connectivity index (χ3n) is 3.82. The third kappa shape index (κ3) is 2.30. The van der Waals surface area contributed by atoms with E-state index in [2.05, 4.69) is 86.4 Å². The summed E-state index contributed by atoms with van der Waals surface area (Å²) in [6.07, 6.45) is 11.0. The van der Waals surface area contributed by atoms with Gasteiger partial charge in [0.25, 0.3) is 0 Å². The zero-order valence-corrected chi connectivity index (χ0v) is 13.4. The summed E-state index contributed by atoms with van der Waals surface area (Å²) >= 11 is 0. The van der Waals surface area contributed by atoms with E-state index in [0.29, 0.717) is 0 Å². The Kier molecular flexibility index (Phi) is 3.23. The Morgan fingerprint density at radius 2 is 1.60 bits per heavy atom. The molecule has 0 amide bonds. The summed E-state index contributed by atoms with van der Waals surface area (Å²) in [6, 6.07) is 13.2. The molecule has 0 unspecified atom stereocenters. The lowest BCUT2D eigenvalue weighted by Gasteiger charge is -2.24. The molecule has 0 saturated heterocycles. The maximum atomic E-state index is 2.41. The van der Waals surface area contributed by atoms with Gasteiger partial charge in [-0.25, -0.2) is 0 Å². The second-order valence-corrected chi connectivity index (χ2v) is 11.4. The first-order chi connectivity index (χ1) is 9.57. The number of fused-ring (bicyclic) bond motifs is 3. The van der Waals surface area contributed by atoms with Crippen molar-refractivity contribution in [3.63, 3.8) is 0 Å². The number of rotatable bonds is 1. The summed E-state index contributed by atoms with van der Waals surface area (Å²) in [5, 5.41) is 4.19. The topological polar surface area (TPSA) is 0 Å². The van der Waals surface area contributed by atoms with Crippen molar-refractivity contribution in [1.29, 1.82) is 0 Å². The van der Waals surface area contributed by atoms with Crippen molar-refractivity contribution in [2.24, 2.45) is 0 Å². The van der Waals surface area contributed by atoms with Crippen LogP contribution in [0.2, 0.25) is 19.6 Å². The van der Waals surface area contributed by atoms with Gasteiger partial charge in [0.05, 0.1) is 8.07 Å². The molecule has 0 atom stereocenters. The molecule has 0 heterocycles. The quantitative estimate of drug-likeness (QED) is 0.587. The van der Waals surface area contributed by atoms with Crippen molar-refractivity contribution >= 4 is 30.1 Å². The lowest BCUT2D eigenvalue weighted by atomic mass is 9.97. The van der Waals surface area contributed by atoms with E-state index in [0.717, 1.165) is 0 Å². The van der Waals surface area contributed by atoms with Crippen molar-refractivity contribution in [2.45, 2.75) is 19.6 Å². The summed E-state index contributed by atoms with van der Waals surface area (Å²) in [5.41, 5.74) is 2.77. The van der Waals surface area contributed by atoms with Crippen LogP contribution >= 0.6 is 0 Å². The molecular weight excluding hydrogens is 256 g/mol. The van der Waals surface area contributed by atoms with Gasteiger partial charge in [0.1, 0.15) is 0 Å². The minimum Gasteiger partial charge on any atom is -0.0656 e. The Bertz CT molecular complexity index is 740. The average Bonchev–Trinajstić information content (AvgIpc) is 2.37. The Labute approximate surface area is 122 Å². The first kappa shape index (κ1) is 13.1. The zero-order chi connectivity index (χ0) is 14.2. The second kappa shape index (κ2) is 4.91. The highest BCUT2D eigenvalue weighted by Crippen LogP contribution is 2.34. The van der Waals surface area contributed by atoms with Crippen molar-refractivity contribution in [3.8, 4) is 0 Å². The highest BCUT2D eigenvalue weighted by molar-refractivity contribution is 6.93. The van der Waals surface area contributed by atoms with Crippen LogP contribution in [0.25, 0.3) is 22.0 Å². The highest BCUT2D eigenvalue weighted by atomic mass is 28.3. The molecule has 100 valence electrons. The summed E-state index contributed by atoms with van der Waals surface area (Å²) in [6.45, 7) is 7.24. The Balaban J connectivity index is 2.36. The molecule has 0 N–H and O–H groups in total. The molecule has 20 heavy (non-hydrogen) atoms. The smallest absolute Gasteiger partial charge is 0.0656 e. The predicted octanol–water partition coefficient (Wildman–Crippen LogP) is 5.68. The van der Waals surface area contributed by atoms with Crippen LogP contribution in [0.1, 0.15) is 11.1 Å². The summed E-state index contributed by atoms with van der Waals surface area (Å²) < 4.78 is 0. The number of hydrogen-bond donors (Lipinski definition) is 0. The van der Waals surface area contributed by atoms with Crippen LogP contribution in [0.3, 0.4) is 0 Å². The average molecular weight is 276 g/mol. The fourth-order valence-corrected chi connectivity index (χ4v) is 4.44. The molecule has 0 aromatic heterocycles. The molecule has 2 aromatic carbocycles. The normalized spacial score (nSPS) is 20.4. The van der Waals surface area contributed by atoms with Crippen LogP contribution in [-0.4, -0.2) is 8.07 Å². The van der Waals surface area contributed by atoms with Gasteiger partial charge in [-0.15, -0.1) is 0 Å². The minimum atomic E-state index is -1.37. The second-order valence-electron chi connectivity index (χ2n) is 6.32. The van der Waals surface area contributed by atoms with Gasteiger partial charge in [0, 0.05) is 0 Å². The molecular formula is C19H20Si. The Morgan fingerprint density at radius 1 is 0.800 bits per heavy atom. The van der Waals surface area contributed by atoms with E-state index in [4.69, 9.17) is 0 Å². The fraction of sp³-hybridized carbons (Fsp3) is 0.158. The molecule has 1 aliphatic carbocycles. The number of hydrogen-bond acceptors (Lipinski definition) is 0. The standard InChI is InChI=1S/C19H20Si/c1-20(2,3)19-12-6-4-5-11-17-16-10-8-7-9-15(16)13-14-18(17)19/h4-14H,1-3H3/b5-4?,6-4-,11-5-,12-6?,17-11?,19-12+,19-18?. The Morgan fingerprint density at radius 3 is 2.40 bits per heavy atom. The summed E-state index contributed by atoms with van der Waals surface area (Å²) in [7, 11) is -1.37. The van der Waals surface area contributed by atoms with Crippen LogP contribution in [0.4, 0.5) is 0 Å². The van der Waals surface area contributed by atoms with Crippen LogP contribution in [0.15, 0.2) is 60.7 Å².